The number of aryl methyl sites for hydroxylation is 3. The molecule has 0 spiro atoms. The molecule has 184 valence electrons. The lowest BCUT2D eigenvalue weighted by Gasteiger charge is -2.09. The molecule has 9 heteroatoms. The lowest BCUT2D eigenvalue weighted by Crippen LogP contribution is -2.15. The van der Waals surface area contributed by atoms with Crippen LogP contribution in [0.3, 0.4) is 0 Å². The number of rotatable bonds is 5. The lowest BCUT2D eigenvalue weighted by molar-refractivity contribution is 0.102. The zero-order valence-electron chi connectivity index (χ0n) is 21.3. The summed E-state index contributed by atoms with van der Waals surface area (Å²) in [6.07, 6.45) is 7.14. The predicted octanol–water partition coefficient (Wildman–Crippen LogP) is 6.68. The van der Waals surface area contributed by atoms with Crippen LogP contribution in [-0.4, -0.2) is 32.2 Å². The number of hydrogen-bond acceptors (Lipinski definition) is 8. The molecule has 4 aromatic heterocycles. The zero-order chi connectivity index (χ0) is 26.0. The van der Waals surface area contributed by atoms with Gasteiger partial charge in [0.05, 0.1) is 11.3 Å². The topological polar surface area (TPSA) is 118 Å². The molecule has 4 rings (SSSR count). The molecular weight excluding hydrogens is 460 g/mol. The Hall–Kier alpha value is -3.72. The molecule has 0 aromatic carbocycles. The van der Waals surface area contributed by atoms with Crippen LogP contribution in [0, 0.1) is 26.2 Å². The molecule has 0 atom stereocenters. The number of carbonyl (C=O) groups excluding carboxylic acids is 1. The highest BCUT2D eigenvalue weighted by molar-refractivity contribution is 7.15. The number of nitrogens with zero attached hydrogens (tertiary/aromatic N) is 4. The van der Waals surface area contributed by atoms with E-state index in [0.717, 1.165) is 50.1 Å². The minimum atomic E-state index is -0.226. The molecule has 0 bridgehead atoms. The second-order valence-corrected chi connectivity index (χ2v) is 8.35. The summed E-state index contributed by atoms with van der Waals surface area (Å²) >= 11 is 1.60. The Morgan fingerprint density at radius 1 is 1.17 bits per heavy atom. The van der Waals surface area contributed by atoms with E-state index in [0.29, 0.717) is 11.4 Å². The molecule has 0 saturated carbocycles. The number of thiazole rings is 1. The van der Waals surface area contributed by atoms with Crippen molar-refractivity contribution in [3.8, 4) is 22.0 Å². The Labute approximate surface area is 210 Å². The Morgan fingerprint density at radius 2 is 1.89 bits per heavy atom. The van der Waals surface area contributed by atoms with E-state index in [9.17, 15) is 4.79 Å². The van der Waals surface area contributed by atoms with E-state index in [1.54, 1.807) is 42.9 Å². The summed E-state index contributed by atoms with van der Waals surface area (Å²) in [6.45, 7) is 13.5. The van der Waals surface area contributed by atoms with Crippen LogP contribution in [-0.2, 0) is 6.42 Å². The minimum Gasteiger partial charge on any atom is -0.361 e. The van der Waals surface area contributed by atoms with Gasteiger partial charge in [-0.25, -0.2) is 9.97 Å². The number of carbonyl (C=O) groups is 1. The molecule has 0 fully saturated rings. The van der Waals surface area contributed by atoms with Crippen molar-refractivity contribution < 1.29 is 9.32 Å². The quantitative estimate of drug-likeness (QED) is 0.300. The van der Waals surface area contributed by atoms with Crippen molar-refractivity contribution >= 4 is 29.3 Å². The van der Waals surface area contributed by atoms with E-state index in [2.05, 4.69) is 27.4 Å². The highest BCUT2D eigenvalue weighted by Crippen LogP contribution is 2.34. The van der Waals surface area contributed by atoms with Gasteiger partial charge in [0, 0.05) is 35.1 Å². The van der Waals surface area contributed by atoms with Crippen LogP contribution in [0.5, 0.6) is 0 Å². The van der Waals surface area contributed by atoms with Gasteiger partial charge in [0.15, 0.2) is 0 Å². The number of pyridine rings is 2. The van der Waals surface area contributed by atoms with Gasteiger partial charge in [-0.15, -0.1) is 11.3 Å². The average molecular weight is 493 g/mol. The molecule has 1 amide bonds. The SMILES string of the molecule is CC.CC=N.CCc1sc(-c2cc(C)on2)nc1-c1ccc(NC(=O)c2cncc(C)c2C)nc1. The first kappa shape index (κ1) is 27.5. The van der Waals surface area contributed by atoms with Gasteiger partial charge in [-0.1, -0.05) is 25.9 Å². The van der Waals surface area contributed by atoms with Crippen molar-refractivity contribution in [1.82, 2.24) is 20.1 Å². The summed E-state index contributed by atoms with van der Waals surface area (Å²) < 4.78 is 5.17. The van der Waals surface area contributed by atoms with E-state index >= 15 is 0 Å². The predicted molar refractivity (Wildman–Crippen MR) is 142 cm³/mol. The average Bonchev–Trinajstić information content (AvgIpc) is 3.49. The summed E-state index contributed by atoms with van der Waals surface area (Å²) in [4.78, 5) is 27.0. The van der Waals surface area contributed by atoms with E-state index in [1.807, 2.05) is 46.8 Å². The molecule has 0 aliphatic carbocycles. The summed E-state index contributed by atoms with van der Waals surface area (Å²) in [5, 5.41) is 13.8. The van der Waals surface area contributed by atoms with Crippen LogP contribution in [0.15, 0.2) is 41.3 Å². The molecule has 0 unspecified atom stereocenters. The van der Waals surface area contributed by atoms with Gasteiger partial charge < -0.3 is 15.2 Å². The summed E-state index contributed by atoms with van der Waals surface area (Å²) in [5.41, 5.74) is 4.92. The Kier molecular flexibility index (Phi) is 10.4. The molecule has 0 radical (unpaired) electrons. The second kappa shape index (κ2) is 13.2. The first-order valence-electron chi connectivity index (χ1n) is 11.4. The maximum Gasteiger partial charge on any atom is 0.258 e. The fourth-order valence-corrected chi connectivity index (χ4v) is 4.02. The fourth-order valence-electron chi connectivity index (χ4n) is 3.04. The van der Waals surface area contributed by atoms with Crippen molar-refractivity contribution in [2.24, 2.45) is 0 Å². The second-order valence-electron chi connectivity index (χ2n) is 7.27. The van der Waals surface area contributed by atoms with Gasteiger partial charge >= 0.3 is 0 Å². The summed E-state index contributed by atoms with van der Waals surface area (Å²) in [7, 11) is 0. The maximum absolute atomic E-state index is 12.6. The number of amides is 1. The standard InChI is InChI=1S/C22H21N5O2S.C2H5N.C2H6/c1-5-18-20(26-22(30-18)17-8-13(3)29-27-17)15-6-7-19(24-10-15)25-21(28)16-11-23-9-12(2)14(16)4;1-2-3;1-2/h6-11H,5H2,1-4H3,(H,24,25,28);2-3H,1H3;1-2H3. The van der Waals surface area contributed by atoms with Crippen LogP contribution in [0.25, 0.3) is 22.0 Å². The molecule has 4 aromatic rings. The normalized spacial score (nSPS) is 9.91. The molecule has 0 aliphatic heterocycles. The number of nitrogens with one attached hydrogen (secondary N) is 2. The third-order valence-electron chi connectivity index (χ3n) is 4.86. The van der Waals surface area contributed by atoms with E-state index < -0.39 is 0 Å². The molecule has 0 saturated heterocycles. The van der Waals surface area contributed by atoms with Gasteiger partial charge in [0.2, 0.25) is 0 Å². The smallest absolute Gasteiger partial charge is 0.258 e. The first-order valence-corrected chi connectivity index (χ1v) is 12.3. The Morgan fingerprint density at radius 3 is 2.46 bits per heavy atom. The molecule has 35 heavy (non-hydrogen) atoms. The van der Waals surface area contributed by atoms with Crippen LogP contribution < -0.4 is 5.32 Å². The zero-order valence-corrected chi connectivity index (χ0v) is 22.1. The van der Waals surface area contributed by atoms with Crippen LogP contribution in [0.1, 0.15) is 59.8 Å². The van der Waals surface area contributed by atoms with Gasteiger partial charge in [-0.05, 0) is 63.6 Å². The number of aromatic nitrogens is 4. The Balaban J connectivity index is 0.000000803. The van der Waals surface area contributed by atoms with Crippen molar-refractivity contribution in [2.75, 3.05) is 5.32 Å². The van der Waals surface area contributed by atoms with Crippen molar-refractivity contribution in [2.45, 2.75) is 54.9 Å². The number of hydrogen-bond donors (Lipinski definition) is 2. The molecule has 4 heterocycles. The monoisotopic (exact) mass is 492 g/mol. The van der Waals surface area contributed by atoms with E-state index in [4.69, 9.17) is 14.9 Å². The third-order valence-corrected chi connectivity index (χ3v) is 6.08. The Bertz CT molecular complexity index is 1260. The van der Waals surface area contributed by atoms with Crippen molar-refractivity contribution in [1.29, 1.82) is 5.41 Å². The van der Waals surface area contributed by atoms with Gasteiger partial charge in [0.1, 0.15) is 22.3 Å². The highest BCUT2D eigenvalue weighted by atomic mass is 32.1. The minimum absolute atomic E-state index is 0.226. The van der Waals surface area contributed by atoms with Crippen molar-refractivity contribution in [3.63, 3.8) is 0 Å². The largest absolute Gasteiger partial charge is 0.361 e. The number of anilines is 1. The maximum atomic E-state index is 12.6. The van der Waals surface area contributed by atoms with Gasteiger partial charge in [-0.2, -0.15) is 0 Å². The molecular formula is C26H32N6O2S. The summed E-state index contributed by atoms with van der Waals surface area (Å²) in [5.74, 6) is 1.00. The van der Waals surface area contributed by atoms with Gasteiger partial charge in [-0.3, -0.25) is 9.78 Å². The fraction of sp³-hybridized carbons (Fsp3) is 0.308. The van der Waals surface area contributed by atoms with E-state index in [1.165, 1.54) is 6.21 Å². The highest BCUT2D eigenvalue weighted by Gasteiger charge is 2.17. The van der Waals surface area contributed by atoms with Crippen LogP contribution in [0.2, 0.25) is 0 Å². The first-order chi connectivity index (χ1) is 16.9. The molecule has 8 nitrogen and oxygen atoms in total. The molecule has 2 N–H and O–H groups in total. The van der Waals surface area contributed by atoms with Crippen LogP contribution in [0.4, 0.5) is 5.82 Å². The lowest BCUT2D eigenvalue weighted by atomic mass is 10.1. The summed E-state index contributed by atoms with van der Waals surface area (Å²) in [6, 6.07) is 5.57. The van der Waals surface area contributed by atoms with Crippen molar-refractivity contribution in [3.05, 3.63) is 64.1 Å². The molecule has 0 aliphatic rings. The van der Waals surface area contributed by atoms with E-state index in [-0.39, 0.29) is 5.91 Å². The third kappa shape index (κ3) is 6.89. The van der Waals surface area contributed by atoms with Crippen LogP contribution >= 0.6 is 11.3 Å². The van der Waals surface area contributed by atoms with Gasteiger partial charge in [0.25, 0.3) is 5.91 Å².